The SMILES string of the molecule is CNC(C)(C)C1CCCC(C)(C)C1. The molecule has 1 aliphatic carbocycles. The zero-order valence-corrected chi connectivity index (χ0v) is 9.91. The van der Waals surface area contributed by atoms with E-state index in [4.69, 9.17) is 0 Å². The van der Waals surface area contributed by atoms with Crippen LogP contribution < -0.4 is 5.32 Å². The molecule has 1 heteroatoms. The minimum atomic E-state index is 0.317. The van der Waals surface area contributed by atoms with Gasteiger partial charge >= 0.3 is 0 Å². The quantitative estimate of drug-likeness (QED) is 0.693. The van der Waals surface area contributed by atoms with Crippen molar-refractivity contribution in [1.82, 2.24) is 5.32 Å². The summed E-state index contributed by atoms with van der Waals surface area (Å²) < 4.78 is 0. The Labute approximate surface area is 83.3 Å². The van der Waals surface area contributed by atoms with Crippen molar-refractivity contribution in [3.8, 4) is 0 Å². The molecule has 1 saturated carbocycles. The Morgan fingerprint density at radius 1 is 1.31 bits per heavy atom. The van der Waals surface area contributed by atoms with Gasteiger partial charge in [0.25, 0.3) is 0 Å². The fourth-order valence-electron chi connectivity index (χ4n) is 2.52. The van der Waals surface area contributed by atoms with Crippen molar-refractivity contribution in [3.05, 3.63) is 0 Å². The molecule has 0 heterocycles. The van der Waals surface area contributed by atoms with Gasteiger partial charge < -0.3 is 5.32 Å². The van der Waals surface area contributed by atoms with Crippen LogP contribution in [0, 0.1) is 11.3 Å². The van der Waals surface area contributed by atoms with E-state index in [1.165, 1.54) is 25.7 Å². The van der Waals surface area contributed by atoms with Crippen LogP contribution in [-0.2, 0) is 0 Å². The van der Waals surface area contributed by atoms with Gasteiger partial charge in [-0.2, -0.15) is 0 Å². The van der Waals surface area contributed by atoms with Crippen molar-refractivity contribution >= 4 is 0 Å². The summed E-state index contributed by atoms with van der Waals surface area (Å²) in [6, 6.07) is 0. The normalized spacial score (nSPS) is 28.8. The molecular weight excluding hydrogens is 158 g/mol. The first kappa shape index (κ1) is 11.0. The molecule has 0 saturated heterocycles. The largest absolute Gasteiger partial charge is 0.315 e. The van der Waals surface area contributed by atoms with Crippen LogP contribution in [0.15, 0.2) is 0 Å². The van der Waals surface area contributed by atoms with Crippen molar-refractivity contribution in [2.75, 3.05) is 7.05 Å². The van der Waals surface area contributed by atoms with Crippen LogP contribution in [-0.4, -0.2) is 12.6 Å². The molecule has 0 amide bonds. The lowest BCUT2D eigenvalue weighted by Crippen LogP contribution is -2.46. The molecule has 1 nitrogen and oxygen atoms in total. The van der Waals surface area contributed by atoms with E-state index in [-0.39, 0.29) is 0 Å². The molecule has 78 valence electrons. The predicted octanol–water partition coefficient (Wildman–Crippen LogP) is 3.20. The van der Waals surface area contributed by atoms with Gasteiger partial charge in [0.05, 0.1) is 0 Å². The Bertz CT molecular complexity index is 170. The average Bonchev–Trinajstić information content (AvgIpc) is 2.03. The molecule has 13 heavy (non-hydrogen) atoms. The van der Waals surface area contributed by atoms with Gasteiger partial charge in [-0.1, -0.05) is 20.3 Å². The zero-order chi connectivity index (χ0) is 10.1. The highest BCUT2D eigenvalue weighted by Gasteiger charge is 2.35. The standard InChI is InChI=1S/C12H25N/c1-11(2)8-6-7-10(9-11)12(3,4)13-5/h10,13H,6-9H2,1-5H3. The summed E-state index contributed by atoms with van der Waals surface area (Å²) in [6.07, 6.45) is 5.59. The van der Waals surface area contributed by atoms with Gasteiger partial charge in [0.2, 0.25) is 0 Å². The Balaban J connectivity index is 2.61. The summed E-state index contributed by atoms with van der Waals surface area (Å²) in [5.41, 5.74) is 0.884. The summed E-state index contributed by atoms with van der Waals surface area (Å²) in [6.45, 7) is 9.48. The zero-order valence-electron chi connectivity index (χ0n) is 9.91. The second-order valence-electron chi connectivity index (χ2n) is 5.93. The van der Waals surface area contributed by atoms with E-state index in [1.54, 1.807) is 0 Å². The maximum atomic E-state index is 3.45. The number of hydrogen-bond donors (Lipinski definition) is 1. The molecule has 1 rings (SSSR count). The molecule has 1 N–H and O–H groups in total. The van der Waals surface area contributed by atoms with E-state index in [0.29, 0.717) is 11.0 Å². The van der Waals surface area contributed by atoms with Crippen molar-refractivity contribution in [2.24, 2.45) is 11.3 Å². The van der Waals surface area contributed by atoms with Crippen LogP contribution in [0.5, 0.6) is 0 Å². The predicted molar refractivity (Wildman–Crippen MR) is 58.9 cm³/mol. The highest BCUT2D eigenvalue weighted by atomic mass is 14.9. The summed E-state index contributed by atoms with van der Waals surface area (Å²) in [5, 5.41) is 3.45. The number of hydrogen-bond acceptors (Lipinski definition) is 1. The van der Waals surface area contributed by atoms with E-state index in [1.807, 2.05) is 0 Å². The fraction of sp³-hybridized carbons (Fsp3) is 1.00. The summed E-state index contributed by atoms with van der Waals surface area (Å²) >= 11 is 0. The number of nitrogens with one attached hydrogen (secondary N) is 1. The molecule has 0 radical (unpaired) electrons. The minimum absolute atomic E-state index is 0.317. The molecule has 0 aromatic carbocycles. The summed E-state index contributed by atoms with van der Waals surface area (Å²) in [4.78, 5) is 0. The smallest absolute Gasteiger partial charge is 0.0150 e. The lowest BCUT2D eigenvalue weighted by Gasteiger charge is -2.43. The Hall–Kier alpha value is -0.0400. The lowest BCUT2D eigenvalue weighted by molar-refractivity contribution is 0.114. The van der Waals surface area contributed by atoms with E-state index >= 15 is 0 Å². The highest BCUT2D eigenvalue weighted by Crippen LogP contribution is 2.42. The van der Waals surface area contributed by atoms with Crippen LogP contribution in [0.25, 0.3) is 0 Å². The van der Waals surface area contributed by atoms with Crippen molar-refractivity contribution in [1.29, 1.82) is 0 Å². The van der Waals surface area contributed by atoms with E-state index in [0.717, 1.165) is 5.92 Å². The minimum Gasteiger partial charge on any atom is -0.315 e. The number of rotatable bonds is 2. The third-order valence-corrected chi connectivity index (χ3v) is 3.87. The van der Waals surface area contributed by atoms with Gasteiger partial charge in [0.15, 0.2) is 0 Å². The first-order valence-electron chi connectivity index (χ1n) is 5.56. The van der Waals surface area contributed by atoms with Gasteiger partial charge in [-0.25, -0.2) is 0 Å². The second kappa shape index (κ2) is 3.61. The highest BCUT2D eigenvalue weighted by molar-refractivity contribution is 4.91. The van der Waals surface area contributed by atoms with Gasteiger partial charge in [0.1, 0.15) is 0 Å². The first-order valence-corrected chi connectivity index (χ1v) is 5.56. The van der Waals surface area contributed by atoms with Crippen molar-refractivity contribution in [2.45, 2.75) is 58.9 Å². The van der Waals surface area contributed by atoms with Crippen LogP contribution >= 0.6 is 0 Å². The third-order valence-electron chi connectivity index (χ3n) is 3.87. The second-order valence-corrected chi connectivity index (χ2v) is 5.93. The van der Waals surface area contributed by atoms with Crippen molar-refractivity contribution < 1.29 is 0 Å². The topological polar surface area (TPSA) is 12.0 Å². The average molecular weight is 183 g/mol. The Morgan fingerprint density at radius 3 is 2.38 bits per heavy atom. The molecule has 0 spiro atoms. The molecule has 1 unspecified atom stereocenters. The van der Waals surface area contributed by atoms with Gasteiger partial charge in [0, 0.05) is 5.54 Å². The Kier molecular flexibility index (Phi) is 3.06. The molecule has 1 atom stereocenters. The van der Waals surface area contributed by atoms with Gasteiger partial charge in [-0.3, -0.25) is 0 Å². The maximum absolute atomic E-state index is 3.45. The molecule has 1 aliphatic rings. The molecule has 0 aromatic rings. The first-order chi connectivity index (χ1) is 5.87. The van der Waals surface area contributed by atoms with Crippen LogP contribution in [0.4, 0.5) is 0 Å². The van der Waals surface area contributed by atoms with Gasteiger partial charge in [-0.05, 0) is 51.5 Å². The summed E-state index contributed by atoms with van der Waals surface area (Å²) in [5.74, 6) is 0.848. The third kappa shape index (κ3) is 2.70. The Morgan fingerprint density at radius 2 is 1.92 bits per heavy atom. The molecule has 0 aliphatic heterocycles. The molecule has 1 fully saturated rings. The van der Waals surface area contributed by atoms with Crippen LogP contribution in [0.1, 0.15) is 53.4 Å². The van der Waals surface area contributed by atoms with Gasteiger partial charge in [-0.15, -0.1) is 0 Å². The molecule has 0 aromatic heterocycles. The molecular formula is C12H25N. The van der Waals surface area contributed by atoms with Crippen LogP contribution in [0.3, 0.4) is 0 Å². The summed E-state index contributed by atoms with van der Waals surface area (Å²) in [7, 11) is 2.08. The maximum Gasteiger partial charge on any atom is 0.0150 e. The van der Waals surface area contributed by atoms with E-state index in [2.05, 4.69) is 40.1 Å². The monoisotopic (exact) mass is 183 g/mol. The lowest BCUT2D eigenvalue weighted by atomic mass is 9.66. The molecule has 0 bridgehead atoms. The van der Waals surface area contributed by atoms with Crippen LogP contribution in [0.2, 0.25) is 0 Å². The van der Waals surface area contributed by atoms with E-state index in [9.17, 15) is 0 Å². The van der Waals surface area contributed by atoms with E-state index < -0.39 is 0 Å². The fourth-order valence-corrected chi connectivity index (χ4v) is 2.52. The van der Waals surface area contributed by atoms with Crippen molar-refractivity contribution in [3.63, 3.8) is 0 Å².